The first kappa shape index (κ1) is 24.3. The SMILES string of the molecule is CNS(=O)(=O)c1ccc(NC2CCC2)c(C2OC2N2CCC(C(=O)c3ccc(F)cc3F)CC2)c1. The molecule has 2 aromatic carbocycles. The summed E-state index contributed by atoms with van der Waals surface area (Å²) in [7, 11) is -2.21. The van der Waals surface area contributed by atoms with Crippen molar-refractivity contribution in [3.8, 4) is 0 Å². The molecule has 3 aliphatic rings. The average Bonchev–Trinajstić information content (AvgIpc) is 3.62. The molecular formula is C25H29F2N3O4S. The number of hydrogen-bond donors (Lipinski definition) is 2. The first-order chi connectivity index (χ1) is 16.8. The van der Waals surface area contributed by atoms with Crippen LogP contribution in [0.4, 0.5) is 14.5 Å². The Morgan fingerprint density at radius 3 is 2.43 bits per heavy atom. The lowest BCUT2D eigenvalue weighted by atomic mass is 9.88. The van der Waals surface area contributed by atoms with Gasteiger partial charge in [0.25, 0.3) is 0 Å². The fraction of sp³-hybridized carbons (Fsp3) is 0.480. The Hall–Kier alpha value is -2.40. The standard InChI is InChI=1S/C25H29F2N3O4S/c1-28-35(32,33)18-6-8-22(29-17-3-2-4-17)20(14-18)24-25(34-24)30-11-9-15(10-12-30)23(31)19-7-5-16(26)13-21(19)27/h5-8,13-15,17,24-25,28-29H,2-4,9-12H2,1H3. The number of Topliss-reactive ketones (excluding diaryl/α,β-unsaturated/α-hetero) is 1. The Labute approximate surface area is 203 Å². The molecule has 2 heterocycles. The minimum atomic E-state index is -3.59. The van der Waals surface area contributed by atoms with Gasteiger partial charge in [0.1, 0.15) is 24.0 Å². The summed E-state index contributed by atoms with van der Waals surface area (Å²) >= 11 is 0. The van der Waals surface area contributed by atoms with Crippen molar-refractivity contribution in [3.63, 3.8) is 0 Å². The van der Waals surface area contributed by atoms with Gasteiger partial charge in [0.2, 0.25) is 10.0 Å². The highest BCUT2D eigenvalue weighted by Gasteiger charge is 2.47. The van der Waals surface area contributed by atoms with E-state index in [4.69, 9.17) is 4.74 Å². The first-order valence-corrected chi connectivity index (χ1v) is 13.5. The maximum absolute atomic E-state index is 14.1. The topological polar surface area (TPSA) is 91.0 Å². The number of benzene rings is 2. The van der Waals surface area contributed by atoms with E-state index in [1.807, 2.05) is 0 Å². The van der Waals surface area contributed by atoms with Crippen LogP contribution in [0.1, 0.15) is 54.1 Å². The van der Waals surface area contributed by atoms with E-state index in [9.17, 15) is 22.0 Å². The van der Waals surface area contributed by atoms with Gasteiger partial charge in [-0.1, -0.05) is 0 Å². The van der Waals surface area contributed by atoms with Crippen LogP contribution in [-0.2, 0) is 14.8 Å². The zero-order valence-corrected chi connectivity index (χ0v) is 20.3. The van der Waals surface area contributed by atoms with Gasteiger partial charge in [-0.3, -0.25) is 9.69 Å². The van der Waals surface area contributed by atoms with Gasteiger partial charge in [-0.05, 0) is 69.5 Å². The number of nitrogens with one attached hydrogen (secondary N) is 2. The lowest BCUT2D eigenvalue weighted by molar-refractivity contribution is 0.0777. The highest BCUT2D eigenvalue weighted by atomic mass is 32.2. The van der Waals surface area contributed by atoms with E-state index >= 15 is 0 Å². The summed E-state index contributed by atoms with van der Waals surface area (Å²) in [5, 5.41) is 3.52. The summed E-state index contributed by atoms with van der Waals surface area (Å²) in [6.45, 7) is 1.19. The number of epoxide rings is 1. The summed E-state index contributed by atoms with van der Waals surface area (Å²) in [6.07, 6.45) is 3.96. The second-order valence-electron chi connectivity index (χ2n) is 9.47. The van der Waals surface area contributed by atoms with Crippen molar-refractivity contribution in [1.82, 2.24) is 9.62 Å². The zero-order chi connectivity index (χ0) is 24.7. The summed E-state index contributed by atoms with van der Waals surface area (Å²) in [5.41, 5.74) is 1.62. The number of carbonyl (C=O) groups excluding carboxylic acids is 1. The number of nitrogens with zero attached hydrogens (tertiary/aromatic N) is 1. The number of ketones is 1. The highest BCUT2D eigenvalue weighted by Crippen LogP contribution is 2.46. The van der Waals surface area contributed by atoms with Crippen molar-refractivity contribution >= 4 is 21.5 Å². The van der Waals surface area contributed by atoms with E-state index in [0.717, 1.165) is 36.2 Å². The van der Waals surface area contributed by atoms with Crippen LogP contribution in [0.5, 0.6) is 0 Å². The Kier molecular flexibility index (Phi) is 6.65. The molecule has 2 saturated heterocycles. The molecular weight excluding hydrogens is 476 g/mol. The van der Waals surface area contributed by atoms with E-state index in [1.165, 1.54) is 19.5 Å². The largest absolute Gasteiger partial charge is 0.382 e. The Morgan fingerprint density at radius 2 is 1.80 bits per heavy atom. The molecule has 188 valence electrons. The van der Waals surface area contributed by atoms with Gasteiger partial charge in [-0.25, -0.2) is 21.9 Å². The van der Waals surface area contributed by atoms with Gasteiger partial charge in [0.05, 0.1) is 10.5 Å². The first-order valence-electron chi connectivity index (χ1n) is 12.0. The minimum Gasteiger partial charge on any atom is -0.382 e. The number of carbonyl (C=O) groups is 1. The molecule has 3 fully saturated rings. The molecule has 7 nitrogen and oxygen atoms in total. The summed E-state index contributed by atoms with van der Waals surface area (Å²) < 4.78 is 60.4. The molecule has 35 heavy (non-hydrogen) atoms. The number of ether oxygens (including phenoxy) is 1. The molecule has 2 atom stereocenters. The molecule has 5 rings (SSSR count). The van der Waals surface area contributed by atoms with Crippen LogP contribution in [0, 0.1) is 17.6 Å². The van der Waals surface area contributed by atoms with E-state index in [0.29, 0.717) is 32.0 Å². The summed E-state index contributed by atoms with van der Waals surface area (Å²) in [4.78, 5) is 15.1. The average molecular weight is 506 g/mol. The van der Waals surface area contributed by atoms with Crippen molar-refractivity contribution < 1.29 is 26.7 Å². The Balaban J connectivity index is 1.27. The molecule has 1 saturated carbocycles. The third kappa shape index (κ3) is 4.97. The van der Waals surface area contributed by atoms with Gasteiger partial charge in [0.15, 0.2) is 5.78 Å². The Morgan fingerprint density at radius 1 is 1.06 bits per heavy atom. The van der Waals surface area contributed by atoms with Crippen LogP contribution in [0.2, 0.25) is 0 Å². The highest BCUT2D eigenvalue weighted by molar-refractivity contribution is 7.89. The van der Waals surface area contributed by atoms with Gasteiger partial charge in [0, 0.05) is 42.4 Å². The van der Waals surface area contributed by atoms with E-state index in [2.05, 4.69) is 14.9 Å². The monoisotopic (exact) mass is 505 g/mol. The van der Waals surface area contributed by atoms with Crippen molar-refractivity contribution in [3.05, 3.63) is 59.2 Å². The van der Waals surface area contributed by atoms with Crippen molar-refractivity contribution in [2.75, 3.05) is 25.5 Å². The molecule has 0 amide bonds. The van der Waals surface area contributed by atoms with Gasteiger partial charge < -0.3 is 10.1 Å². The lowest BCUT2D eigenvalue weighted by Crippen LogP contribution is -2.38. The molecule has 2 unspecified atom stereocenters. The van der Waals surface area contributed by atoms with Gasteiger partial charge in [-0.2, -0.15) is 0 Å². The third-order valence-corrected chi connectivity index (χ3v) is 8.71. The smallest absolute Gasteiger partial charge is 0.240 e. The number of rotatable bonds is 8. The number of sulfonamides is 1. The van der Waals surface area contributed by atoms with Crippen LogP contribution in [0.3, 0.4) is 0 Å². The normalized spacial score (nSPS) is 23.6. The number of anilines is 1. The third-order valence-electron chi connectivity index (χ3n) is 7.30. The Bertz CT molecular complexity index is 1230. The summed E-state index contributed by atoms with van der Waals surface area (Å²) in [5.74, 6) is -2.16. The quantitative estimate of drug-likeness (QED) is 0.419. The maximum atomic E-state index is 14.1. The van der Waals surface area contributed by atoms with Gasteiger partial charge in [-0.15, -0.1) is 0 Å². The van der Waals surface area contributed by atoms with Crippen LogP contribution in [-0.4, -0.2) is 51.5 Å². The van der Waals surface area contributed by atoms with Gasteiger partial charge >= 0.3 is 0 Å². The maximum Gasteiger partial charge on any atom is 0.240 e. The number of hydrogen-bond acceptors (Lipinski definition) is 6. The number of likely N-dealkylation sites (tertiary alicyclic amines) is 1. The molecule has 10 heteroatoms. The molecule has 2 N–H and O–H groups in total. The zero-order valence-electron chi connectivity index (χ0n) is 19.5. The molecule has 0 radical (unpaired) electrons. The number of piperidine rings is 1. The van der Waals surface area contributed by atoms with Crippen LogP contribution in [0.25, 0.3) is 0 Å². The van der Waals surface area contributed by atoms with E-state index in [-0.39, 0.29) is 34.5 Å². The van der Waals surface area contributed by atoms with Crippen molar-refractivity contribution in [2.24, 2.45) is 5.92 Å². The predicted molar refractivity (Wildman–Crippen MR) is 127 cm³/mol. The molecule has 2 aromatic rings. The predicted octanol–water partition coefficient (Wildman–Crippen LogP) is 3.83. The fourth-order valence-electron chi connectivity index (χ4n) is 4.90. The van der Waals surface area contributed by atoms with Crippen LogP contribution >= 0.6 is 0 Å². The molecule has 2 aliphatic heterocycles. The molecule has 0 aromatic heterocycles. The minimum absolute atomic E-state index is 0.0698. The number of halogens is 2. The fourth-order valence-corrected chi connectivity index (χ4v) is 5.66. The second kappa shape index (κ2) is 9.57. The summed E-state index contributed by atoms with van der Waals surface area (Å²) in [6, 6.07) is 8.51. The van der Waals surface area contributed by atoms with Crippen molar-refractivity contribution in [1.29, 1.82) is 0 Å². The molecule has 1 aliphatic carbocycles. The molecule has 0 spiro atoms. The van der Waals surface area contributed by atoms with Crippen molar-refractivity contribution in [2.45, 2.75) is 55.4 Å². The molecule has 0 bridgehead atoms. The van der Waals surface area contributed by atoms with Crippen LogP contribution < -0.4 is 10.0 Å². The van der Waals surface area contributed by atoms with Crippen LogP contribution in [0.15, 0.2) is 41.3 Å². The van der Waals surface area contributed by atoms with E-state index < -0.39 is 21.7 Å². The lowest BCUT2D eigenvalue weighted by Gasteiger charge is -2.30. The second-order valence-corrected chi connectivity index (χ2v) is 11.4. The van der Waals surface area contributed by atoms with E-state index in [1.54, 1.807) is 18.2 Å².